The minimum Gasteiger partial charge on any atom is -0.355 e. The van der Waals surface area contributed by atoms with Gasteiger partial charge in [-0.3, -0.25) is 34.2 Å². The Morgan fingerprint density at radius 2 is 1.09 bits per heavy atom. The van der Waals surface area contributed by atoms with Crippen LogP contribution in [0.1, 0.15) is 111 Å². The maximum Gasteiger partial charge on any atom is 0.246 e. The van der Waals surface area contributed by atoms with Gasteiger partial charge in [-0.05, 0) is 134 Å². The number of likely N-dealkylation sites (tertiary alicyclic amines) is 1. The van der Waals surface area contributed by atoms with E-state index in [1.807, 2.05) is 76.2 Å². The average Bonchev–Trinajstić information content (AvgIpc) is 1.70. The number of carbonyl (C=O) groups excluding carboxylic acids is 3. The molecule has 8 aromatic rings. The zero-order valence-electron chi connectivity index (χ0n) is 54.9. The highest BCUT2D eigenvalue weighted by atomic mass is 16.2. The third kappa shape index (κ3) is 11.8. The number of hydrogen-bond acceptors (Lipinski definition) is 17. The molecule has 2 amide bonds. The molecule has 7 aliphatic heterocycles. The van der Waals surface area contributed by atoms with Crippen LogP contribution in [0.15, 0.2) is 147 Å². The Labute approximate surface area is 556 Å². The highest BCUT2D eigenvalue weighted by Crippen LogP contribution is 2.46. The summed E-state index contributed by atoms with van der Waals surface area (Å²) in [6, 6.07) is 33.7. The number of rotatable bonds is 12. The largest absolute Gasteiger partial charge is 0.355 e. The van der Waals surface area contributed by atoms with E-state index in [9.17, 15) is 9.59 Å². The van der Waals surface area contributed by atoms with Crippen molar-refractivity contribution in [3.63, 3.8) is 0 Å². The van der Waals surface area contributed by atoms with Gasteiger partial charge in [0.05, 0.1) is 36.5 Å². The number of carbonyl (C=O) groups is 3. The van der Waals surface area contributed by atoms with Crippen LogP contribution in [0, 0.1) is 17.3 Å². The second-order valence-electron chi connectivity index (χ2n) is 28.7. The fraction of sp³-hybridized carbons (Fsp3) is 0.453. The SMILES string of the molecule is CC(C)(C)C1CCN2C(=O)C3CC(N4CCN(c5cnc(N6CCN(c7cnc(N8CCC(c9ccc(-n%10nnc%11c%10-c%10ccccc%10CC(C(=O)C%10CCN(C(c%12cccnc%12)c%12cccnc%12)CC%10)c%10ccccc%10-%11)cc9)CC8)cn7)CC6)cn5)CC4)CN3C(=O)C2C1. The van der Waals surface area contributed by atoms with Crippen LogP contribution in [-0.2, 0) is 20.8 Å². The molecule has 0 saturated carbocycles. The number of fused-ring (bicyclic) bond motifs is 7. The number of piperazine rings is 3. The van der Waals surface area contributed by atoms with Crippen molar-refractivity contribution in [2.45, 2.75) is 108 Å². The second-order valence-corrected chi connectivity index (χ2v) is 28.7. The molecule has 0 spiro atoms. The summed E-state index contributed by atoms with van der Waals surface area (Å²) in [5.41, 5.74) is 10.6. The summed E-state index contributed by atoms with van der Waals surface area (Å²) in [4.78, 5) is 89.5. The quantitative estimate of drug-likeness (QED) is 0.113. The summed E-state index contributed by atoms with van der Waals surface area (Å²) in [6.45, 7) is 18.1. The third-order valence-corrected chi connectivity index (χ3v) is 22.6. The van der Waals surface area contributed by atoms with Crippen LogP contribution in [0.5, 0.6) is 0 Å². The third-order valence-electron chi connectivity index (χ3n) is 22.6. The zero-order valence-corrected chi connectivity index (χ0v) is 54.9. The van der Waals surface area contributed by atoms with E-state index < -0.39 is 0 Å². The van der Waals surface area contributed by atoms with Crippen LogP contribution >= 0.6 is 0 Å². The van der Waals surface area contributed by atoms with Gasteiger partial charge in [0.25, 0.3) is 0 Å². The smallest absolute Gasteiger partial charge is 0.246 e. The van der Waals surface area contributed by atoms with Crippen molar-refractivity contribution in [1.29, 1.82) is 0 Å². The van der Waals surface area contributed by atoms with E-state index >= 15 is 4.79 Å². The molecule has 16 rings (SSSR count). The van der Waals surface area contributed by atoms with Gasteiger partial charge in [0.2, 0.25) is 11.8 Å². The van der Waals surface area contributed by atoms with Crippen LogP contribution in [0.2, 0.25) is 0 Å². The van der Waals surface area contributed by atoms with Crippen molar-refractivity contribution < 1.29 is 14.4 Å². The maximum absolute atomic E-state index is 15.1. The van der Waals surface area contributed by atoms with Crippen molar-refractivity contribution >= 4 is 40.9 Å². The Hall–Kier alpha value is -9.01. The molecule has 5 unspecified atom stereocenters. The number of piperidine rings is 3. The van der Waals surface area contributed by atoms with E-state index in [0.29, 0.717) is 37.1 Å². The van der Waals surface area contributed by atoms with Gasteiger partial charge in [-0.2, -0.15) is 0 Å². The summed E-state index contributed by atoms with van der Waals surface area (Å²) in [6.07, 6.45) is 21.9. The van der Waals surface area contributed by atoms with Gasteiger partial charge in [-0.1, -0.05) is 98.8 Å². The second kappa shape index (κ2) is 25.6. The average molecular weight is 1270 g/mol. The number of benzene rings is 3. The molecule has 0 N–H and O–H groups in total. The van der Waals surface area contributed by atoms with Gasteiger partial charge in [0, 0.05) is 132 Å². The highest BCUT2D eigenvalue weighted by Gasteiger charge is 2.54. The fourth-order valence-electron chi connectivity index (χ4n) is 17.1. The van der Waals surface area contributed by atoms with Gasteiger partial charge < -0.3 is 29.4 Å². The molecule has 12 heterocycles. The van der Waals surface area contributed by atoms with Gasteiger partial charge in [0.1, 0.15) is 52.5 Å². The van der Waals surface area contributed by atoms with Crippen LogP contribution in [0.4, 0.5) is 23.3 Å². The highest BCUT2D eigenvalue weighted by molar-refractivity contribution is 5.98. The molecule has 0 bridgehead atoms. The predicted octanol–water partition coefficient (Wildman–Crippen LogP) is 9.15. The number of ketones is 1. The molecular formula is C75H85N17O3. The Bertz CT molecular complexity index is 4000. The van der Waals surface area contributed by atoms with Crippen molar-refractivity contribution in [2.24, 2.45) is 17.3 Å². The number of hydrogen-bond donors (Lipinski definition) is 0. The minimum absolute atomic E-state index is 0.0212. The molecule has 0 radical (unpaired) electrons. The summed E-state index contributed by atoms with van der Waals surface area (Å²) < 4.78 is 2.00. The van der Waals surface area contributed by atoms with Crippen LogP contribution in [-0.4, -0.2) is 192 Å². The molecule has 8 aliphatic rings. The molecule has 3 aromatic carbocycles. The molecular weight excluding hydrogens is 1190 g/mol. The molecule has 5 aromatic heterocycles. The first-order chi connectivity index (χ1) is 46.4. The number of nitrogens with zero attached hydrogens (tertiary/aromatic N) is 17. The fourth-order valence-corrected chi connectivity index (χ4v) is 17.1. The van der Waals surface area contributed by atoms with Crippen LogP contribution in [0.25, 0.3) is 28.2 Å². The zero-order chi connectivity index (χ0) is 64.3. The van der Waals surface area contributed by atoms with Crippen molar-refractivity contribution in [3.8, 4) is 28.2 Å². The van der Waals surface area contributed by atoms with Gasteiger partial charge in [-0.25, -0.2) is 24.6 Å². The Balaban J connectivity index is 0.509. The van der Waals surface area contributed by atoms with E-state index in [-0.39, 0.29) is 53.2 Å². The minimum atomic E-state index is -0.323. The standard InChI is InChI=1S/C75H85N17O3/c1-75(2,3)56-24-31-90-63(41-56)74(95)91-49-58(42-64(91)73(90)94)84-32-34-86(35-33-84)66-47-81-68(48-80-66)88-38-36-87(37-39-88)67-46-78-65(45-79-67)85-27-20-51(21-28-85)50-16-18-57(19-17-50)92-71-59-13-5-4-10-53(59)40-62(60-14-6-7-15-61(60)69(71)82-83-92)72(93)52-22-29-89(30-23-52)70(54-11-8-25-76-43-54)55-12-9-26-77-44-55/h4-19,25-26,43-48,51-52,56,58,62-64,70H,20-24,27-42,49H2,1-3H3. The first-order valence-electron chi connectivity index (χ1n) is 34.8. The molecule has 5 atom stereocenters. The molecule has 95 heavy (non-hydrogen) atoms. The lowest BCUT2D eigenvalue weighted by Gasteiger charge is -2.48. The number of aromatic nitrogens is 9. The van der Waals surface area contributed by atoms with Gasteiger partial charge in [-0.15, -0.1) is 5.10 Å². The van der Waals surface area contributed by atoms with E-state index in [0.717, 1.165) is 197 Å². The lowest BCUT2D eigenvalue weighted by Crippen LogP contribution is -2.65. The van der Waals surface area contributed by atoms with Crippen molar-refractivity contribution in [1.82, 2.24) is 64.5 Å². The lowest BCUT2D eigenvalue weighted by atomic mass is 9.72. The van der Waals surface area contributed by atoms with E-state index in [4.69, 9.17) is 30.2 Å². The first kappa shape index (κ1) is 60.9. The van der Waals surface area contributed by atoms with Crippen molar-refractivity contribution in [2.75, 3.05) is 111 Å². The molecule has 20 nitrogen and oxygen atoms in total. The monoisotopic (exact) mass is 1270 g/mol. The molecule has 1 aliphatic carbocycles. The maximum atomic E-state index is 15.1. The Morgan fingerprint density at radius 1 is 0.537 bits per heavy atom. The summed E-state index contributed by atoms with van der Waals surface area (Å²) in [7, 11) is 0. The van der Waals surface area contributed by atoms with Crippen LogP contribution < -0.4 is 19.6 Å². The number of anilines is 4. The number of Topliss-reactive ketones (excluding diaryl/α,β-unsaturated/α-hetero) is 1. The molecule has 488 valence electrons. The van der Waals surface area contributed by atoms with E-state index in [1.54, 1.807) is 0 Å². The Morgan fingerprint density at radius 3 is 1.68 bits per heavy atom. The van der Waals surface area contributed by atoms with Gasteiger partial charge >= 0.3 is 0 Å². The van der Waals surface area contributed by atoms with E-state index in [2.05, 4.69) is 145 Å². The predicted molar refractivity (Wildman–Crippen MR) is 366 cm³/mol. The van der Waals surface area contributed by atoms with Crippen molar-refractivity contribution in [3.05, 3.63) is 174 Å². The van der Waals surface area contributed by atoms with Crippen LogP contribution in [0.3, 0.4) is 0 Å². The first-order valence-corrected chi connectivity index (χ1v) is 34.8. The number of amides is 2. The number of pyridine rings is 2. The molecule has 20 heteroatoms. The van der Waals surface area contributed by atoms with E-state index in [1.165, 1.54) is 5.56 Å². The molecule has 7 fully saturated rings. The lowest BCUT2D eigenvalue weighted by molar-refractivity contribution is -0.163. The summed E-state index contributed by atoms with van der Waals surface area (Å²) in [5.74, 6) is 4.66. The Kier molecular flexibility index (Phi) is 16.4. The summed E-state index contributed by atoms with van der Waals surface area (Å²) >= 11 is 0. The normalized spacial score (nSPS) is 23.2. The molecule has 7 saturated heterocycles. The summed E-state index contributed by atoms with van der Waals surface area (Å²) in [5, 5.41) is 9.84. The topological polar surface area (TPSA) is 185 Å². The van der Waals surface area contributed by atoms with Gasteiger partial charge in [0.15, 0.2) is 0 Å².